The Hall–Kier alpha value is -2.49. The lowest BCUT2D eigenvalue weighted by Crippen LogP contribution is -2.13. The van der Waals surface area contributed by atoms with Crippen molar-refractivity contribution in [2.75, 3.05) is 0 Å². The molecule has 0 aliphatic heterocycles. The number of carboxylic acids is 1. The summed E-state index contributed by atoms with van der Waals surface area (Å²) in [5.41, 5.74) is 1.99. The smallest absolute Gasteiger partial charge is 0.315 e. The Morgan fingerprint density at radius 2 is 1.68 bits per heavy atom. The van der Waals surface area contributed by atoms with Crippen molar-refractivity contribution in [1.82, 2.24) is 0 Å². The number of phenols is 2. The summed E-state index contributed by atoms with van der Waals surface area (Å²) < 4.78 is 0. The number of aliphatic carboxylic acids is 1. The van der Waals surface area contributed by atoms with Gasteiger partial charge in [-0.25, -0.2) is 0 Å². The lowest BCUT2D eigenvalue weighted by molar-refractivity contribution is -0.137. The van der Waals surface area contributed by atoms with Crippen molar-refractivity contribution in [3.05, 3.63) is 59.2 Å². The first-order valence-corrected chi connectivity index (χ1v) is 7.36. The molecule has 1 atom stereocenters. The monoisotopic (exact) mass is 300 g/mol. The number of carboxylic acid groups (broad SMARTS) is 1. The molecule has 0 saturated carbocycles. The van der Waals surface area contributed by atoms with Crippen LogP contribution in [-0.4, -0.2) is 21.3 Å². The number of aromatic hydroxyl groups is 2. The zero-order valence-corrected chi connectivity index (χ0v) is 12.5. The van der Waals surface area contributed by atoms with Crippen LogP contribution >= 0.6 is 0 Å². The standard InChI is InChI=1S/C18H20O4/c1-2-3-4-13-11-14(7-10-16(13)20)17(18(21)22)12-5-8-15(19)9-6-12/h5-11,17,19-20H,2-4H2,1H3,(H,21,22). The van der Waals surface area contributed by atoms with Gasteiger partial charge in [-0.1, -0.05) is 37.6 Å². The third kappa shape index (κ3) is 3.58. The van der Waals surface area contributed by atoms with Crippen LogP contribution in [0.15, 0.2) is 42.5 Å². The van der Waals surface area contributed by atoms with Crippen LogP contribution in [0.3, 0.4) is 0 Å². The molecule has 0 heterocycles. The molecule has 0 amide bonds. The number of rotatable bonds is 6. The van der Waals surface area contributed by atoms with Crippen LogP contribution in [0.4, 0.5) is 0 Å². The zero-order valence-electron chi connectivity index (χ0n) is 12.5. The van der Waals surface area contributed by atoms with Crippen molar-refractivity contribution in [2.45, 2.75) is 32.1 Å². The zero-order chi connectivity index (χ0) is 16.1. The SMILES string of the molecule is CCCCc1cc(C(C(=O)O)c2ccc(O)cc2)ccc1O. The highest BCUT2D eigenvalue weighted by Crippen LogP contribution is 2.30. The molecule has 0 aliphatic rings. The Morgan fingerprint density at radius 1 is 1.05 bits per heavy atom. The van der Waals surface area contributed by atoms with Crippen molar-refractivity contribution in [3.8, 4) is 11.5 Å². The molecule has 0 saturated heterocycles. The minimum absolute atomic E-state index is 0.0993. The van der Waals surface area contributed by atoms with Crippen LogP contribution in [0, 0.1) is 0 Å². The van der Waals surface area contributed by atoms with E-state index < -0.39 is 11.9 Å². The molecule has 0 aliphatic carbocycles. The first-order chi connectivity index (χ1) is 10.5. The summed E-state index contributed by atoms with van der Waals surface area (Å²) in [5, 5.41) is 28.8. The number of unbranched alkanes of at least 4 members (excludes halogenated alkanes) is 1. The van der Waals surface area contributed by atoms with Crippen molar-refractivity contribution in [3.63, 3.8) is 0 Å². The van der Waals surface area contributed by atoms with Gasteiger partial charge in [0.25, 0.3) is 0 Å². The molecule has 0 radical (unpaired) electrons. The van der Waals surface area contributed by atoms with Gasteiger partial charge in [0, 0.05) is 0 Å². The van der Waals surface area contributed by atoms with Crippen LogP contribution in [0.25, 0.3) is 0 Å². The largest absolute Gasteiger partial charge is 0.508 e. The second kappa shape index (κ2) is 6.98. The lowest BCUT2D eigenvalue weighted by Gasteiger charge is -2.15. The molecule has 0 aromatic heterocycles. The fourth-order valence-corrected chi connectivity index (χ4v) is 2.50. The number of hydrogen-bond donors (Lipinski definition) is 3. The van der Waals surface area contributed by atoms with E-state index >= 15 is 0 Å². The second-order valence-electron chi connectivity index (χ2n) is 5.35. The highest BCUT2D eigenvalue weighted by Gasteiger charge is 2.23. The number of aryl methyl sites for hydroxylation is 1. The summed E-state index contributed by atoms with van der Waals surface area (Å²) in [4.78, 5) is 11.7. The summed E-state index contributed by atoms with van der Waals surface area (Å²) in [6.07, 6.45) is 2.66. The summed E-state index contributed by atoms with van der Waals surface area (Å²) in [7, 11) is 0. The van der Waals surface area contributed by atoms with Crippen LogP contribution < -0.4 is 0 Å². The first kappa shape index (κ1) is 15.9. The van der Waals surface area contributed by atoms with Gasteiger partial charge in [-0.15, -0.1) is 0 Å². The molecular weight excluding hydrogens is 280 g/mol. The van der Waals surface area contributed by atoms with Gasteiger partial charge in [0.05, 0.1) is 0 Å². The fourth-order valence-electron chi connectivity index (χ4n) is 2.50. The van der Waals surface area contributed by atoms with Crippen molar-refractivity contribution < 1.29 is 20.1 Å². The highest BCUT2D eigenvalue weighted by atomic mass is 16.4. The van der Waals surface area contributed by atoms with Crippen molar-refractivity contribution >= 4 is 5.97 Å². The molecule has 4 heteroatoms. The van der Waals surface area contributed by atoms with Gasteiger partial charge in [0.2, 0.25) is 0 Å². The van der Waals surface area contributed by atoms with Gasteiger partial charge in [0.15, 0.2) is 0 Å². The second-order valence-corrected chi connectivity index (χ2v) is 5.35. The maximum atomic E-state index is 11.7. The topological polar surface area (TPSA) is 77.8 Å². The van der Waals surface area contributed by atoms with Crippen LogP contribution in [-0.2, 0) is 11.2 Å². The minimum atomic E-state index is -0.960. The van der Waals surface area contributed by atoms with E-state index in [1.54, 1.807) is 30.3 Å². The van der Waals surface area contributed by atoms with Gasteiger partial charge in [0.1, 0.15) is 17.4 Å². The molecule has 0 bridgehead atoms. The molecule has 116 valence electrons. The van der Waals surface area contributed by atoms with Gasteiger partial charge in [-0.05, 0) is 47.7 Å². The van der Waals surface area contributed by atoms with Crippen LogP contribution in [0.2, 0.25) is 0 Å². The Bertz CT molecular complexity index is 647. The molecule has 2 aromatic carbocycles. The quantitative estimate of drug-likeness (QED) is 0.761. The Kier molecular flexibility index (Phi) is 5.04. The molecule has 2 rings (SSSR count). The van der Waals surface area contributed by atoms with E-state index in [0.29, 0.717) is 11.1 Å². The van der Waals surface area contributed by atoms with Gasteiger partial charge in [-0.2, -0.15) is 0 Å². The molecule has 0 fully saturated rings. The summed E-state index contributed by atoms with van der Waals surface area (Å²) >= 11 is 0. The Labute approximate surface area is 129 Å². The van der Waals surface area contributed by atoms with E-state index in [2.05, 4.69) is 6.92 Å². The van der Waals surface area contributed by atoms with E-state index in [1.807, 2.05) is 0 Å². The third-order valence-electron chi connectivity index (χ3n) is 3.71. The average Bonchev–Trinajstić information content (AvgIpc) is 2.49. The van der Waals surface area contributed by atoms with Crippen molar-refractivity contribution in [1.29, 1.82) is 0 Å². The molecule has 4 nitrogen and oxygen atoms in total. The third-order valence-corrected chi connectivity index (χ3v) is 3.71. The van der Waals surface area contributed by atoms with E-state index in [1.165, 1.54) is 12.1 Å². The minimum Gasteiger partial charge on any atom is -0.508 e. The summed E-state index contributed by atoms with van der Waals surface area (Å²) in [6, 6.07) is 11.1. The van der Waals surface area contributed by atoms with Gasteiger partial charge in [-0.3, -0.25) is 4.79 Å². The molecule has 0 spiro atoms. The normalized spacial score (nSPS) is 12.0. The molecule has 3 N–H and O–H groups in total. The molecule has 2 aromatic rings. The average molecular weight is 300 g/mol. The Morgan fingerprint density at radius 3 is 2.27 bits per heavy atom. The highest BCUT2D eigenvalue weighted by molar-refractivity contribution is 5.80. The van der Waals surface area contributed by atoms with Gasteiger partial charge >= 0.3 is 5.97 Å². The predicted octanol–water partition coefficient (Wildman–Crippen LogP) is 3.66. The maximum absolute atomic E-state index is 11.7. The van der Waals surface area contributed by atoms with E-state index in [-0.39, 0.29) is 11.5 Å². The Balaban J connectivity index is 2.40. The number of phenolic OH excluding ortho intramolecular Hbond substituents is 2. The predicted molar refractivity (Wildman–Crippen MR) is 84.3 cm³/mol. The van der Waals surface area contributed by atoms with Crippen LogP contribution in [0.1, 0.15) is 42.4 Å². The van der Waals surface area contributed by atoms with Crippen molar-refractivity contribution in [2.24, 2.45) is 0 Å². The van der Waals surface area contributed by atoms with E-state index in [0.717, 1.165) is 24.8 Å². The fraction of sp³-hybridized carbons (Fsp3) is 0.278. The molecular formula is C18H20O4. The van der Waals surface area contributed by atoms with Gasteiger partial charge < -0.3 is 15.3 Å². The lowest BCUT2D eigenvalue weighted by atomic mass is 9.89. The first-order valence-electron chi connectivity index (χ1n) is 7.36. The number of benzene rings is 2. The number of carbonyl (C=O) groups is 1. The van der Waals surface area contributed by atoms with E-state index in [4.69, 9.17) is 0 Å². The number of hydrogen-bond acceptors (Lipinski definition) is 3. The van der Waals surface area contributed by atoms with Crippen LogP contribution in [0.5, 0.6) is 11.5 Å². The molecule has 22 heavy (non-hydrogen) atoms. The summed E-state index contributed by atoms with van der Waals surface area (Å²) in [6.45, 7) is 2.07. The van der Waals surface area contributed by atoms with E-state index in [9.17, 15) is 20.1 Å². The molecule has 1 unspecified atom stereocenters. The maximum Gasteiger partial charge on any atom is 0.315 e. The summed E-state index contributed by atoms with van der Waals surface area (Å²) in [5.74, 6) is -1.48.